The molecule has 0 radical (unpaired) electrons. The van der Waals surface area contributed by atoms with E-state index in [0.717, 1.165) is 60.1 Å². The Morgan fingerprint density at radius 1 is 0.844 bits per heavy atom. The smallest absolute Gasteiger partial charge is 0.253 e. The van der Waals surface area contributed by atoms with Crippen molar-refractivity contribution in [1.82, 2.24) is 14.9 Å². The topological polar surface area (TPSA) is 49.3 Å². The van der Waals surface area contributed by atoms with Crippen LogP contribution in [0.2, 0.25) is 0 Å². The van der Waals surface area contributed by atoms with E-state index in [-0.39, 0.29) is 5.91 Å². The highest BCUT2D eigenvalue weighted by Gasteiger charge is 2.24. The van der Waals surface area contributed by atoms with Crippen molar-refractivity contribution in [2.75, 3.05) is 31.1 Å². The molecule has 0 saturated carbocycles. The van der Waals surface area contributed by atoms with E-state index in [1.165, 1.54) is 5.56 Å². The minimum Gasteiger partial charge on any atom is -0.354 e. The maximum Gasteiger partial charge on any atom is 0.253 e. The Morgan fingerprint density at radius 3 is 2.22 bits per heavy atom. The van der Waals surface area contributed by atoms with E-state index >= 15 is 0 Å². The molecule has 3 aromatic rings. The Balaban J connectivity index is 1.49. The summed E-state index contributed by atoms with van der Waals surface area (Å²) in [7, 11) is 0. The van der Waals surface area contributed by atoms with E-state index in [1.807, 2.05) is 54.3 Å². The molecule has 1 amide bonds. The maximum absolute atomic E-state index is 13.2. The zero-order valence-corrected chi connectivity index (χ0v) is 19.5. The first kappa shape index (κ1) is 22.0. The predicted molar refractivity (Wildman–Crippen MR) is 130 cm³/mol. The maximum atomic E-state index is 13.2. The van der Waals surface area contributed by atoms with Crippen molar-refractivity contribution in [2.24, 2.45) is 0 Å². The van der Waals surface area contributed by atoms with E-state index in [9.17, 15) is 4.79 Å². The molecule has 0 aliphatic carbocycles. The van der Waals surface area contributed by atoms with Crippen LogP contribution >= 0.6 is 0 Å². The van der Waals surface area contributed by atoms with Gasteiger partial charge in [0.05, 0.1) is 0 Å². The highest BCUT2D eigenvalue weighted by molar-refractivity contribution is 5.94. The lowest BCUT2D eigenvalue weighted by atomic mass is 10.0. The molecule has 0 unspecified atom stereocenters. The molecule has 0 N–H and O–H groups in total. The summed E-state index contributed by atoms with van der Waals surface area (Å²) in [4.78, 5) is 26.9. The Morgan fingerprint density at radius 2 is 1.53 bits per heavy atom. The lowest BCUT2D eigenvalue weighted by molar-refractivity contribution is 0.0767. The van der Waals surface area contributed by atoms with E-state index in [4.69, 9.17) is 4.98 Å². The number of benzene rings is 2. The second-order valence-corrected chi connectivity index (χ2v) is 8.82. The van der Waals surface area contributed by atoms with Crippen molar-refractivity contribution >= 4 is 11.7 Å². The normalized spacial score (nSPS) is 14.5. The molecule has 166 valence electrons. The van der Waals surface area contributed by atoms with Gasteiger partial charge in [0.15, 0.2) is 0 Å². The number of anilines is 1. The highest BCUT2D eigenvalue weighted by Crippen LogP contribution is 2.29. The summed E-state index contributed by atoms with van der Waals surface area (Å²) in [6.45, 7) is 11.5. The van der Waals surface area contributed by atoms with Gasteiger partial charge in [-0.2, -0.15) is 0 Å². The Hall–Kier alpha value is -3.21. The summed E-state index contributed by atoms with van der Waals surface area (Å²) in [6.07, 6.45) is 0.924. The third kappa shape index (κ3) is 4.67. The molecular weight excluding hydrogens is 396 g/mol. The van der Waals surface area contributed by atoms with E-state index in [1.54, 1.807) is 0 Å². The van der Waals surface area contributed by atoms with E-state index in [2.05, 4.69) is 42.8 Å². The van der Waals surface area contributed by atoms with Gasteiger partial charge in [-0.15, -0.1) is 0 Å². The van der Waals surface area contributed by atoms with Crippen molar-refractivity contribution in [1.29, 1.82) is 0 Å². The van der Waals surface area contributed by atoms with Crippen molar-refractivity contribution in [2.45, 2.75) is 40.0 Å². The molecule has 1 aromatic heterocycles. The van der Waals surface area contributed by atoms with Crippen LogP contribution in [0.15, 0.2) is 54.6 Å². The first-order chi connectivity index (χ1) is 15.4. The molecular formula is C27H32N4O. The third-order valence-electron chi connectivity index (χ3n) is 6.13. The van der Waals surface area contributed by atoms with Gasteiger partial charge in [-0.1, -0.05) is 56.3 Å². The Bertz CT molecular complexity index is 1080. The van der Waals surface area contributed by atoms with Crippen molar-refractivity contribution in [3.05, 3.63) is 77.2 Å². The molecule has 2 aromatic carbocycles. The lowest BCUT2D eigenvalue weighted by Gasteiger charge is -2.27. The zero-order chi connectivity index (χ0) is 22.7. The Labute approximate surface area is 191 Å². The summed E-state index contributed by atoms with van der Waals surface area (Å²) >= 11 is 0. The Kier molecular flexibility index (Phi) is 6.54. The first-order valence-corrected chi connectivity index (χ1v) is 11.5. The fraction of sp³-hybridized carbons (Fsp3) is 0.370. The number of rotatable bonds is 4. The third-order valence-corrected chi connectivity index (χ3v) is 6.13. The minimum atomic E-state index is 0.102. The van der Waals surface area contributed by atoms with Crippen LogP contribution in [-0.2, 0) is 0 Å². The fourth-order valence-electron chi connectivity index (χ4n) is 4.57. The number of aromatic nitrogens is 2. The van der Waals surface area contributed by atoms with Crippen LogP contribution in [0.5, 0.6) is 0 Å². The summed E-state index contributed by atoms with van der Waals surface area (Å²) < 4.78 is 0. The fourth-order valence-corrected chi connectivity index (χ4v) is 4.57. The van der Waals surface area contributed by atoms with Crippen molar-refractivity contribution in [3.63, 3.8) is 0 Å². The lowest BCUT2D eigenvalue weighted by Crippen LogP contribution is -2.35. The standard InChI is InChI=1S/C27H32N4O/c1-19(2)25-20(3)28-21(4)29-26(25)30-15-8-16-31(18-17-30)27(32)24-13-11-23(12-14-24)22-9-6-5-7-10-22/h5-7,9-14,19H,8,15-18H2,1-4H3. The van der Waals surface area contributed by atoms with Crippen LogP contribution in [0.3, 0.4) is 0 Å². The number of hydrogen-bond acceptors (Lipinski definition) is 4. The number of carbonyl (C=O) groups is 1. The summed E-state index contributed by atoms with van der Waals surface area (Å²) in [5.41, 5.74) is 5.30. The van der Waals surface area contributed by atoms with Crippen LogP contribution in [-0.4, -0.2) is 47.0 Å². The van der Waals surface area contributed by atoms with Crippen LogP contribution in [0.1, 0.15) is 53.6 Å². The van der Waals surface area contributed by atoms with Gasteiger partial charge in [-0.25, -0.2) is 9.97 Å². The summed E-state index contributed by atoms with van der Waals surface area (Å²) in [6, 6.07) is 18.2. The van der Waals surface area contributed by atoms with Crippen LogP contribution in [0.4, 0.5) is 5.82 Å². The number of nitrogens with zero attached hydrogens (tertiary/aromatic N) is 4. The molecule has 1 fully saturated rings. The van der Waals surface area contributed by atoms with Crippen LogP contribution in [0, 0.1) is 13.8 Å². The van der Waals surface area contributed by atoms with Gasteiger partial charge in [0.1, 0.15) is 11.6 Å². The van der Waals surface area contributed by atoms with Gasteiger partial charge < -0.3 is 9.80 Å². The summed E-state index contributed by atoms with van der Waals surface area (Å²) in [5, 5.41) is 0. The van der Waals surface area contributed by atoms with Crippen LogP contribution < -0.4 is 4.90 Å². The molecule has 1 aliphatic heterocycles. The monoisotopic (exact) mass is 428 g/mol. The minimum absolute atomic E-state index is 0.102. The van der Waals surface area contributed by atoms with Crippen molar-refractivity contribution in [3.8, 4) is 11.1 Å². The summed E-state index contributed by atoms with van der Waals surface area (Å²) in [5.74, 6) is 2.30. The highest BCUT2D eigenvalue weighted by atomic mass is 16.2. The largest absolute Gasteiger partial charge is 0.354 e. The first-order valence-electron chi connectivity index (χ1n) is 11.5. The molecule has 1 aliphatic rings. The quantitative estimate of drug-likeness (QED) is 0.570. The van der Waals surface area contributed by atoms with Gasteiger partial charge in [0.25, 0.3) is 5.91 Å². The molecule has 5 heteroatoms. The zero-order valence-electron chi connectivity index (χ0n) is 19.5. The SMILES string of the molecule is Cc1nc(C)c(C(C)C)c(N2CCCN(C(=O)c3ccc(-c4ccccc4)cc3)CC2)n1. The molecule has 1 saturated heterocycles. The van der Waals surface area contributed by atoms with Gasteiger partial charge >= 0.3 is 0 Å². The van der Waals surface area contributed by atoms with Gasteiger partial charge in [0, 0.05) is 43.0 Å². The van der Waals surface area contributed by atoms with Gasteiger partial charge in [0.2, 0.25) is 0 Å². The molecule has 5 nitrogen and oxygen atoms in total. The number of carbonyl (C=O) groups excluding carboxylic acids is 1. The van der Waals surface area contributed by atoms with Gasteiger partial charge in [-0.05, 0) is 49.4 Å². The van der Waals surface area contributed by atoms with E-state index in [0.29, 0.717) is 12.5 Å². The van der Waals surface area contributed by atoms with Crippen LogP contribution in [0.25, 0.3) is 11.1 Å². The number of amides is 1. The second kappa shape index (κ2) is 9.51. The molecule has 32 heavy (non-hydrogen) atoms. The molecule has 0 atom stereocenters. The predicted octanol–water partition coefficient (Wildman–Crippen LogP) is 5.24. The van der Waals surface area contributed by atoms with Gasteiger partial charge in [-0.3, -0.25) is 4.79 Å². The molecule has 0 spiro atoms. The molecule has 4 rings (SSSR count). The number of aryl methyl sites for hydroxylation is 2. The average Bonchev–Trinajstić information content (AvgIpc) is 3.05. The average molecular weight is 429 g/mol. The van der Waals surface area contributed by atoms with E-state index < -0.39 is 0 Å². The molecule has 0 bridgehead atoms. The van der Waals surface area contributed by atoms with Crippen molar-refractivity contribution < 1.29 is 4.79 Å². The molecule has 2 heterocycles. The second-order valence-electron chi connectivity index (χ2n) is 8.82. The number of hydrogen-bond donors (Lipinski definition) is 0.